The summed E-state index contributed by atoms with van der Waals surface area (Å²) in [5, 5.41) is 0. The van der Waals surface area contributed by atoms with E-state index in [2.05, 4.69) is 129 Å². The molecule has 0 saturated heterocycles. The van der Waals surface area contributed by atoms with Crippen LogP contribution < -0.4 is 4.90 Å². The summed E-state index contributed by atoms with van der Waals surface area (Å²) < 4.78 is 0. The van der Waals surface area contributed by atoms with Gasteiger partial charge in [0, 0.05) is 17.1 Å². The smallest absolute Gasteiger partial charge is 0.0462 e. The lowest BCUT2D eigenvalue weighted by Gasteiger charge is -2.26. The van der Waals surface area contributed by atoms with Crippen molar-refractivity contribution in [2.45, 2.75) is 34.1 Å². The van der Waals surface area contributed by atoms with Crippen molar-refractivity contribution in [3.63, 3.8) is 0 Å². The van der Waals surface area contributed by atoms with E-state index in [1.54, 1.807) is 6.08 Å². The van der Waals surface area contributed by atoms with Gasteiger partial charge in [0.15, 0.2) is 0 Å². The van der Waals surface area contributed by atoms with E-state index in [-0.39, 0.29) is 0 Å². The van der Waals surface area contributed by atoms with Crippen molar-refractivity contribution in [1.29, 1.82) is 0 Å². The molecule has 0 aromatic heterocycles. The Morgan fingerprint density at radius 3 is 1.22 bits per heavy atom. The molecule has 0 saturated carbocycles. The summed E-state index contributed by atoms with van der Waals surface area (Å²) in [5.41, 5.74) is 7.90. The Morgan fingerprint density at radius 2 is 0.917 bits per heavy atom. The highest BCUT2D eigenvalue weighted by Crippen LogP contribution is 2.33. The van der Waals surface area contributed by atoms with Gasteiger partial charge >= 0.3 is 0 Å². The van der Waals surface area contributed by atoms with Crippen LogP contribution >= 0.6 is 0 Å². The van der Waals surface area contributed by atoms with Crippen LogP contribution in [0.5, 0.6) is 0 Å². The zero-order valence-electron chi connectivity index (χ0n) is 22.2. The third-order valence-corrected chi connectivity index (χ3v) is 5.22. The maximum absolute atomic E-state index is 4.02. The van der Waals surface area contributed by atoms with Crippen LogP contribution in [0.25, 0.3) is 22.3 Å². The van der Waals surface area contributed by atoms with Gasteiger partial charge in [-0.05, 0) is 58.7 Å². The molecule has 1 heteroatoms. The minimum absolute atomic E-state index is 0.968. The molecule has 0 aliphatic heterocycles. The van der Waals surface area contributed by atoms with Gasteiger partial charge < -0.3 is 4.90 Å². The second kappa shape index (κ2) is 15.7. The van der Waals surface area contributed by atoms with Gasteiger partial charge in [-0.25, -0.2) is 0 Å². The number of hydrogen-bond donors (Lipinski definition) is 0. The summed E-state index contributed by atoms with van der Waals surface area (Å²) >= 11 is 0. The molecule has 4 rings (SSSR count). The van der Waals surface area contributed by atoms with E-state index in [1.807, 2.05) is 38.1 Å². The first-order chi connectivity index (χ1) is 17.7. The Bertz CT molecular complexity index is 1100. The highest BCUT2D eigenvalue weighted by molar-refractivity contribution is 5.75. The minimum Gasteiger partial charge on any atom is -0.311 e. The Morgan fingerprint density at radius 1 is 0.583 bits per heavy atom. The number of allylic oxidation sites excluding steroid dienone is 3. The van der Waals surface area contributed by atoms with Crippen molar-refractivity contribution in [1.82, 2.24) is 0 Å². The van der Waals surface area contributed by atoms with Crippen molar-refractivity contribution < 1.29 is 0 Å². The molecule has 0 unspecified atom stereocenters. The largest absolute Gasteiger partial charge is 0.311 e. The monoisotopic (exact) mass is 473 g/mol. The first kappa shape index (κ1) is 28.1. The molecule has 0 aliphatic rings. The van der Waals surface area contributed by atoms with E-state index >= 15 is 0 Å². The fourth-order valence-electron chi connectivity index (χ4n) is 3.67. The molecule has 36 heavy (non-hydrogen) atoms. The lowest BCUT2D eigenvalue weighted by atomic mass is 10.0. The molecular weight excluding hydrogens is 434 g/mol. The lowest BCUT2D eigenvalue weighted by molar-refractivity contribution is 1.09. The summed E-state index contributed by atoms with van der Waals surface area (Å²) in [7, 11) is 0. The Hall–Kier alpha value is -4.10. The van der Waals surface area contributed by atoms with Gasteiger partial charge in [0.25, 0.3) is 0 Å². The number of nitrogens with zero attached hydrogens (tertiary/aromatic N) is 1. The molecule has 184 valence electrons. The molecule has 0 aliphatic carbocycles. The average molecular weight is 474 g/mol. The molecule has 0 radical (unpaired) electrons. The van der Waals surface area contributed by atoms with Crippen molar-refractivity contribution in [2.24, 2.45) is 0 Å². The summed E-state index contributed by atoms with van der Waals surface area (Å²) in [6, 6.07) is 38.0. The second-order valence-corrected chi connectivity index (χ2v) is 7.90. The van der Waals surface area contributed by atoms with Crippen LogP contribution in [0.1, 0.15) is 34.1 Å². The maximum atomic E-state index is 4.02. The van der Waals surface area contributed by atoms with Crippen LogP contribution in [-0.2, 0) is 0 Å². The van der Waals surface area contributed by atoms with E-state index in [1.165, 1.54) is 28.7 Å². The van der Waals surface area contributed by atoms with Crippen LogP contribution in [0.4, 0.5) is 11.4 Å². The lowest BCUT2D eigenvalue weighted by Crippen LogP contribution is -2.14. The summed E-state index contributed by atoms with van der Waals surface area (Å²) in [4.78, 5) is 2.19. The molecule has 0 fully saturated rings. The fourth-order valence-corrected chi connectivity index (χ4v) is 3.67. The molecule has 0 atom stereocenters. The molecule has 4 aromatic carbocycles. The third-order valence-electron chi connectivity index (χ3n) is 5.22. The van der Waals surface area contributed by atoms with Crippen molar-refractivity contribution in [3.05, 3.63) is 146 Å². The van der Waals surface area contributed by atoms with Gasteiger partial charge in [0.05, 0.1) is 0 Å². The zero-order valence-corrected chi connectivity index (χ0v) is 22.2. The van der Waals surface area contributed by atoms with Gasteiger partial charge in [0.2, 0.25) is 0 Å². The predicted octanol–water partition coefficient (Wildman–Crippen LogP) is 10.9. The van der Waals surface area contributed by atoms with E-state index in [4.69, 9.17) is 0 Å². The highest BCUT2D eigenvalue weighted by Gasteiger charge is 2.13. The summed E-state index contributed by atoms with van der Waals surface area (Å²) in [6.45, 7) is 16.1. The van der Waals surface area contributed by atoms with E-state index in [0.29, 0.717) is 0 Å². The van der Waals surface area contributed by atoms with Crippen molar-refractivity contribution >= 4 is 11.4 Å². The first-order valence-corrected chi connectivity index (χ1v) is 12.8. The number of rotatable bonds is 7. The van der Waals surface area contributed by atoms with Crippen LogP contribution in [0.2, 0.25) is 0 Å². The van der Waals surface area contributed by atoms with Gasteiger partial charge in [-0.15, -0.1) is 0 Å². The average Bonchev–Trinajstić information content (AvgIpc) is 2.96. The fraction of sp³-hybridized carbons (Fsp3) is 0.143. The predicted molar refractivity (Wildman–Crippen MR) is 162 cm³/mol. The molecule has 4 aromatic rings. The number of hydrogen-bond acceptors (Lipinski definition) is 1. The van der Waals surface area contributed by atoms with Crippen LogP contribution in [0.15, 0.2) is 146 Å². The Labute approximate surface area is 218 Å². The summed E-state index contributed by atoms with van der Waals surface area (Å²) in [6.07, 6.45) is 6.88. The van der Waals surface area contributed by atoms with Crippen LogP contribution in [0.3, 0.4) is 0 Å². The Kier molecular flexibility index (Phi) is 12.3. The highest BCUT2D eigenvalue weighted by atomic mass is 15.1. The summed E-state index contributed by atoms with van der Waals surface area (Å²) in [5.74, 6) is 0. The molecular formula is C35H39N. The topological polar surface area (TPSA) is 3.24 Å². The van der Waals surface area contributed by atoms with Gasteiger partial charge in [-0.3, -0.25) is 0 Å². The van der Waals surface area contributed by atoms with Gasteiger partial charge in [0.1, 0.15) is 0 Å². The molecule has 0 amide bonds. The quantitative estimate of drug-likeness (QED) is 0.241. The second-order valence-electron chi connectivity index (χ2n) is 7.90. The molecule has 1 nitrogen and oxygen atoms in total. The van der Waals surface area contributed by atoms with E-state index in [0.717, 1.165) is 17.1 Å². The van der Waals surface area contributed by atoms with E-state index in [9.17, 15) is 0 Å². The van der Waals surface area contributed by atoms with Crippen LogP contribution in [-0.4, -0.2) is 0 Å². The SMILES string of the molecule is C=C/C=C(\C=C)N(c1ccc(-c2ccccc2)cc1)c1ccc(-c2ccccc2)cc1.CC.CCC. The van der Waals surface area contributed by atoms with Gasteiger partial charge in [-0.2, -0.15) is 0 Å². The zero-order chi connectivity index (χ0) is 26.2. The minimum atomic E-state index is 0.968. The molecule has 0 bridgehead atoms. The van der Waals surface area contributed by atoms with Crippen molar-refractivity contribution in [2.75, 3.05) is 4.90 Å². The van der Waals surface area contributed by atoms with Gasteiger partial charge in [-0.1, -0.05) is 138 Å². The number of anilines is 2. The number of benzene rings is 4. The Balaban J connectivity index is 0.000000850. The van der Waals surface area contributed by atoms with Crippen LogP contribution in [0, 0.1) is 0 Å². The van der Waals surface area contributed by atoms with Crippen molar-refractivity contribution in [3.8, 4) is 22.3 Å². The third kappa shape index (κ3) is 7.71. The standard InChI is InChI=1S/C30H25N.C3H8.C2H6/c1-3-11-28(4-2)31(29-20-16-26(17-21-29)24-12-7-5-8-13-24)30-22-18-27(19-23-30)25-14-9-6-10-15-25;1-3-2;1-2/h3-23H,1-2H2;3H2,1-2H3;1-2H3/b28-11+;;. The molecule has 0 N–H and O–H groups in total. The van der Waals surface area contributed by atoms with E-state index < -0.39 is 0 Å². The normalized spacial score (nSPS) is 10.2. The maximum Gasteiger partial charge on any atom is 0.0462 e. The molecule has 0 heterocycles. The first-order valence-electron chi connectivity index (χ1n) is 12.8. The molecule has 0 spiro atoms.